The second-order valence-electron chi connectivity index (χ2n) is 9.46. The summed E-state index contributed by atoms with van der Waals surface area (Å²) in [6.45, 7) is 7.04. The predicted octanol–water partition coefficient (Wildman–Crippen LogP) is 4.49. The lowest BCUT2D eigenvalue weighted by atomic mass is 9.88. The van der Waals surface area contributed by atoms with E-state index in [1.54, 1.807) is 17.0 Å². The van der Waals surface area contributed by atoms with Crippen LogP contribution in [-0.4, -0.2) is 53.2 Å². The molecule has 1 fully saturated rings. The van der Waals surface area contributed by atoms with Crippen molar-refractivity contribution in [1.82, 2.24) is 15.1 Å². The molecule has 0 radical (unpaired) electrons. The fraction of sp³-hybridized carbons (Fsp3) is 0.440. The number of hydrogen-bond donors (Lipinski definition) is 1. The average molecular weight is 440 g/mol. The van der Waals surface area contributed by atoms with E-state index >= 15 is 0 Å². The maximum atomic E-state index is 13.5. The number of carbonyl (C=O) groups excluding carboxylic acids is 2. The number of fused-ring (bicyclic) bond motifs is 1. The molecule has 2 heterocycles. The first-order chi connectivity index (χ1) is 15.2. The van der Waals surface area contributed by atoms with E-state index in [2.05, 4.69) is 11.4 Å². The summed E-state index contributed by atoms with van der Waals surface area (Å²) in [4.78, 5) is 29.1. The number of nitrogens with zero attached hydrogens (tertiary/aromatic N) is 2. The predicted molar refractivity (Wildman–Crippen MR) is 120 cm³/mol. The van der Waals surface area contributed by atoms with Crippen LogP contribution in [0.1, 0.15) is 49.9 Å². The molecule has 2 aliphatic heterocycles. The number of nitrogens with one attached hydrogen (secondary N) is 1. The Bertz CT molecular complexity index is 987. The van der Waals surface area contributed by atoms with Crippen molar-refractivity contribution in [2.45, 2.75) is 51.3 Å². The highest BCUT2D eigenvalue weighted by Gasteiger charge is 2.35. The molecule has 3 amide bonds. The fourth-order valence-electron chi connectivity index (χ4n) is 4.42. The van der Waals surface area contributed by atoms with Gasteiger partial charge in [-0.15, -0.1) is 0 Å². The van der Waals surface area contributed by atoms with E-state index in [-0.39, 0.29) is 30.0 Å². The third kappa shape index (κ3) is 4.87. The van der Waals surface area contributed by atoms with Gasteiger partial charge in [-0.1, -0.05) is 36.4 Å². The van der Waals surface area contributed by atoms with Crippen molar-refractivity contribution in [1.29, 1.82) is 0 Å². The monoisotopic (exact) mass is 439 g/mol. The normalized spacial score (nSPS) is 20.6. The van der Waals surface area contributed by atoms with Crippen LogP contribution in [0.15, 0.2) is 48.5 Å². The van der Waals surface area contributed by atoms with Crippen molar-refractivity contribution in [3.05, 3.63) is 71.0 Å². The van der Waals surface area contributed by atoms with E-state index in [4.69, 9.17) is 4.74 Å². The number of ether oxygens (including phenoxy) is 1. The van der Waals surface area contributed by atoms with Crippen LogP contribution < -0.4 is 5.32 Å². The molecule has 2 aromatic rings. The van der Waals surface area contributed by atoms with E-state index in [1.165, 1.54) is 17.7 Å². The van der Waals surface area contributed by atoms with E-state index < -0.39 is 5.60 Å². The van der Waals surface area contributed by atoms with Crippen LogP contribution in [0.25, 0.3) is 0 Å². The minimum Gasteiger partial charge on any atom is -0.444 e. The molecule has 4 rings (SSSR count). The number of rotatable bonds is 2. The molecule has 1 saturated heterocycles. The van der Waals surface area contributed by atoms with Crippen LogP contribution in [-0.2, 0) is 11.2 Å². The standard InChI is InChI=1S/C25H30FN3O3/c1-25(2,3)32-24(31)28-14-13-20(16-28)27-23(30)29-15-12-17-6-4-5-7-21(17)22(29)18-8-10-19(26)11-9-18/h4-11,20,22H,12-16H2,1-3H3,(H,27,30)/t20-,22-/m0/s1. The Morgan fingerprint density at radius 1 is 1.06 bits per heavy atom. The summed E-state index contributed by atoms with van der Waals surface area (Å²) in [6, 6.07) is 13.8. The molecular weight excluding hydrogens is 409 g/mol. The summed E-state index contributed by atoms with van der Waals surface area (Å²) >= 11 is 0. The summed E-state index contributed by atoms with van der Waals surface area (Å²) in [7, 11) is 0. The van der Waals surface area contributed by atoms with Gasteiger partial charge in [-0.05, 0) is 62.4 Å². The molecule has 2 aliphatic rings. The van der Waals surface area contributed by atoms with Crippen LogP contribution in [0.2, 0.25) is 0 Å². The lowest BCUT2D eigenvalue weighted by molar-refractivity contribution is 0.0290. The lowest BCUT2D eigenvalue weighted by Crippen LogP contribution is -2.50. The van der Waals surface area contributed by atoms with Crippen molar-refractivity contribution in [2.24, 2.45) is 0 Å². The van der Waals surface area contributed by atoms with E-state index in [1.807, 2.05) is 43.9 Å². The third-order valence-corrected chi connectivity index (χ3v) is 5.90. The highest BCUT2D eigenvalue weighted by atomic mass is 19.1. The third-order valence-electron chi connectivity index (χ3n) is 5.90. The molecule has 7 heteroatoms. The smallest absolute Gasteiger partial charge is 0.410 e. The summed E-state index contributed by atoms with van der Waals surface area (Å²) in [6.07, 6.45) is 1.08. The van der Waals surface area contributed by atoms with Crippen molar-refractivity contribution in [3.63, 3.8) is 0 Å². The van der Waals surface area contributed by atoms with Gasteiger partial charge in [0.05, 0.1) is 6.04 Å². The van der Waals surface area contributed by atoms with Crippen LogP contribution in [0.5, 0.6) is 0 Å². The first-order valence-electron chi connectivity index (χ1n) is 11.1. The quantitative estimate of drug-likeness (QED) is 0.750. The van der Waals surface area contributed by atoms with Gasteiger partial charge in [-0.25, -0.2) is 14.0 Å². The van der Waals surface area contributed by atoms with Crippen molar-refractivity contribution in [2.75, 3.05) is 19.6 Å². The first-order valence-corrected chi connectivity index (χ1v) is 11.1. The molecule has 0 saturated carbocycles. The molecule has 2 atom stereocenters. The highest BCUT2D eigenvalue weighted by molar-refractivity contribution is 5.77. The Balaban J connectivity index is 1.49. The van der Waals surface area contributed by atoms with Crippen LogP contribution in [0.3, 0.4) is 0 Å². The topological polar surface area (TPSA) is 61.9 Å². The summed E-state index contributed by atoms with van der Waals surface area (Å²) in [5.74, 6) is -0.304. The molecule has 1 N–H and O–H groups in total. The van der Waals surface area contributed by atoms with E-state index in [0.29, 0.717) is 26.1 Å². The van der Waals surface area contributed by atoms with Crippen LogP contribution in [0, 0.1) is 5.82 Å². The Morgan fingerprint density at radius 3 is 2.50 bits per heavy atom. The van der Waals surface area contributed by atoms with Gasteiger partial charge in [0.15, 0.2) is 0 Å². The maximum absolute atomic E-state index is 13.5. The zero-order chi connectivity index (χ0) is 22.9. The van der Waals surface area contributed by atoms with Crippen molar-refractivity contribution in [3.8, 4) is 0 Å². The number of benzene rings is 2. The second kappa shape index (κ2) is 8.81. The minimum absolute atomic E-state index is 0.138. The SMILES string of the molecule is CC(C)(C)OC(=O)N1CC[C@H](NC(=O)N2CCc3ccccc3[C@@H]2c2ccc(F)cc2)C1. The number of carbonyl (C=O) groups is 2. The van der Waals surface area contributed by atoms with Gasteiger partial charge >= 0.3 is 12.1 Å². The maximum Gasteiger partial charge on any atom is 0.410 e. The molecule has 0 unspecified atom stereocenters. The molecule has 0 bridgehead atoms. The fourth-order valence-corrected chi connectivity index (χ4v) is 4.42. The van der Waals surface area contributed by atoms with Gasteiger partial charge in [0.1, 0.15) is 11.4 Å². The van der Waals surface area contributed by atoms with Crippen LogP contribution in [0.4, 0.5) is 14.0 Å². The molecule has 2 aromatic carbocycles. The number of likely N-dealkylation sites (tertiary alicyclic amines) is 1. The van der Waals surface area contributed by atoms with Gasteiger partial charge in [0, 0.05) is 25.7 Å². The molecule has 32 heavy (non-hydrogen) atoms. The van der Waals surface area contributed by atoms with Crippen molar-refractivity contribution < 1.29 is 18.7 Å². The summed E-state index contributed by atoms with van der Waals surface area (Å²) < 4.78 is 19.0. The largest absolute Gasteiger partial charge is 0.444 e. The molecule has 0 aromatic heterocycles. The van der Waals surface area contributed by atoms with Gasteiger partial charge in [-0.3, -0.25) is 0 Å². The molecule has 0 aliphatic carbocycles. The lowest BCUT2D eigenvalue weighted by Gasteiger charge is -2.38. The zero-order valence-electron chi connectivity index (χ0n) is 18.8. The highest BCUT2D eigenvalue weighted by Crippen LogP contribution is 2.35. The Labute approximate surface area is 188 Å². The van der Waals surface area contributed by atoms with Gasteiger partial charge in [-0.2, -0.15) is 0 Å². The average Bonchev–Trinajstić information content (AvgIpc) is 3.21. The second-order valence-corrected chi connectivity index (χ2v) is 9.46. The van der Waals surface area contributed by atoms with E-state index in [0.717, 1.165) is 17.5 Å². The number of hydrogen-bond acceptors (Lipinski definition) is 3. The van der Waals surface area contributed by atoms with E-state index in [9.17, 15) is 14.0 Å². The Morgan fingerprint density at radius 2 is 1.78 bits per heavy atom. The summed E-state index contributed by atoms with van der Waals surface area (Å²) in [5.41, 5.74) is 2.57. The van der Waals surface area contributed by atoms with Gasteiger partial charge in [0.25, 0.3) is 0 Å². The van der Waals surface area contributed by atoms with Gasteiger partial charge < -0.3 is 19.9 Å². The first kappa shape index (κ1) is 22.1. The molecule has 6 nitrogen and oxygen atoms in total. The molecule has 0 spiro atoms. The number of amides is 3. The summed E-state index contributed by atoms with van der Waals surface area (Å²) in [5, 5.41) is 3.10. The van der Waals surface area contributed by atoms with Crippen LogP contribution >= 0.6 is 0 Å². The Hall–Kier alpha value is -3.09. The number of urea groups is 1. The molecule has 170 valence electrons. The number of halogens is 1. The minimum atomic E-state index is -0.554. The molecular formula is C25H30FN3O3. The zero-order valence-corrected chi connectivity index (χ0v) is 18.8. The van der Waals surface area contributed by atoms with Crippen molar-refractivity contribution >= 4 is 12.1 Å². The van der Waals surface area contributed by atoms with Gasteiger partial charge in [0.2, 0.25) is 0 Å². The Kier molecular flexibility index (Phi) is 6.09.